The van der Waals surface area contributed by atoms with Crippen LogP contribution in [0.2, 0.25) is 0 Å². The smallest absolute Gasteiger partial charge is 0.413 e. The Hall–Kier alpha value is -4.36. The average Bonchev–Trinajstić information content (AvgIpc) is 3.54. The SMILES string of the molecule is O=C(OCc1ccccc1)N1C(F)C1(c1ccccc1)c1cccc(C#Cc2ccccc2)c1. The summed E-state index contributed by atoms with van der Waals surface area (Å²) in [4.78, 5) is 14.1. The molecule has 3 nitrogen and oxygen atoms in total. The predicted octanol–water partition coefficient (Wildman–Crippen LogP) is 6.28. The van der Waals surface area contributed by atoms with E-state index in [-0.39, 0.29) is 6.61 Å². The predicted molar refractivity (Wildman–Crippen MR) is 129 cm³/mol. The van der Waals surface area contributed by atoms with E-state index in [9.17, 15) is 4.79 Å². The lowest BCUT2D eigenvalue weighted by Gasteiger charge is -2.18. The van der Waals surface area contributed by atoms with Crippen molar-refractivity contribution in [3.8, 4) is 11.8 Å². The number of ether oxygens (including phenoxy) is 1. The number of nitrogens with zero attached hydrogens (tertiary/aromatic N) is 1. The molecule has 34 heavy (non-hydrogen) atoms. The first-order chi connectivity index (χ1) is 16.7. The third-order valence-electron chi connectivity index (χ3n) is 5.93. The molecular weight excluding hydrogens is 425 g/mol. The Labute approximate surface area is 198 Å². The molecule has 1 fully saturated rings. The molecule has 1 aliphatic rings. The molecule has 1 saturated heterocycles. The molecule has 166 valence electrons. The third kappa shape index (κ3) is 4.04. The summed E-state index contributed by atoms with van der Waals surface area (Å²) in [5.41, 5.74) is 2.58. The quantitative estimate of drug-likeness (QED) is 0.209. The van der Waals surface area contributed by atoms with E-state index < -0.39 is 17.9 Å². The molecule has 0 saturated carbocycles. The van der Waals surface area contributed by atoms with Gasteiger partial charge in [-0.3, -0.25) is 4.90 Å². The van der Waals surface area contributed by atoms with Crippen molar-refractivity contribution in [1.82, 2.24) is 4.90 Å². The second kappa shape index (κ2) is 9.25. The molecule has 1 aliphatic heterocycles. The number of halogens is 1. The van der Waals surface area contributed by atoms with E-state index in [1.54, 1.807) is 0 Å². The van der Waals surface area contributed by atoms with E-state index >= 15 is 4.39 Å². The number of carbonyl (C=O) groups is 1. The second-order valence-corrected chi connectivity index (χ2v) is 8.08. The summed E-state index contributed by atoms with van der Waals surface area (Å²) >= 11 is 0. The summed E-state index contributed by atoms with van der Waals surface area (Å²) in [6.07, 6.45) is -2.24. The van der Waals surface area contributed by atoms with Crippen LogP contribution >= 0.6 is 0 Å². The summed E-state index contributed by atoms with van der Waals surface area (Å²) < 4.78 is 21.1. The number of amides is 1. The standard InChI is InChI=1S/C30H22FNO2/c31-28-30(26-16-8-3-9-17-26,32(28)29(33)34-22-25-13-6-2-7-14-25)27-18-10-15-24(21-27)20-19-23-11-4-1-5-12-23/h1-18,21,28H,22H2. The van der Waals surface area contributed by atoms with Crippen molar-refractivity contribution in [1.29, 1.82) is 0 Å². The summed E-state index contributed by atoms with van der Waals surface area (Å²) in [5.74, 6) is 6.29. The molecule has 4 heteroatoms. The molecule has 0 spiro atoms. The van der Waals surface area contributed by atoms with E-state index in [2.05, 4.69) is 11.8 Å². The van der Waals surface area contributed by atoms with Gasteiger partial charge in [0.1, 0.15) is 12.1 Å². The highest BCUT2D eigenvalue weighted by Gasteiger charge is 2.69. The van der Waals surface area contributed by atoms with Gasteiger partial charge in [0.15, 0.2) is 0 Å². The van der Waals surface area contributed by atoms with Gasteiger partial charge in [0.25, 0.3) is 0 Å². The van der Waals surface area contributed by atoms with Crippen molar-refractivity contribution in [2.24, 2.45) is 0 Å². The van der Waals surface area contributed by atoms with Crippen LogP contribution in [0.1, 0.15) is 27.8 Å². The number of carbonyl (C=O) groups excluding carboxylic acids is 1. The molecular formula is C30H22FNO2. The van der Waals surface area contributed by atoms with Crippen LogP contribution in [0.25, 0.3) is 0 Å². The summed E-state index contributed by atoms with van der Waals surface area (Å²) in [7, 11) is 0. The van der Waals surface area contributed by atoms with Crippen LogP contribution in [0.4, 0.5) is 9.18 Å². The Morgan fingerprint density at radius 2 is 1.32 bits per heavy atom. The summed E-state index contributed by atoms with van der Waals surface area (Å²) in [6.45, 7) is 0.0797. The fourth-order valence-electron chi connectivity index (χ4n) is 4.20. The number of hydrogen-bond donors (Lipinski definition) is 0. The Morgan fingerprint density at radius 1 is 0.765 bits per heavy atom. The van der Waals surface area contributed by atoms with Crippen LogP contribution in [0.5, 0.6) is 0 Å². The maximum atomic E-state index is 15.6. The van der Waals surface area contributed by atoms with Gasteiger partial charge in [0.2, 0.25) is 6.30 Å². The van der Waals surface area contributed by atoms with E-state index in [1.807, 2.05) is 115 Å². The molecule has 4 aromatic rings. The van der Waals surface area contributed by atoms with Crippen LogP contribution in [-0.4, -0.2) is 17.3 Å². The van der Waals surface area contributed by atoms with Crippen molar-refractivity contribution in [3.63, 3.8) is 0 Å². The van der Waals surface area contributed by atoms with Gasteiger partial charge in [0.05, 0.1) is 0 Å². The van der Waals surface area contributed by atoms with Gasteiger partial charge in [-0.1, -0.05) is 103 Å². The van der Waals surface area contributed by atoms with Gasteiger partial charge in [-0.25, -0.2) is 9.18 Å². The van der Waals surface area contributed by atoms with Gasteiger partial charge in [-0.15, -0.1) is 0 Å². The Balaban J connectivity index is 1.47. The minimum absolute atomic E-state index is 0.0797. The maximum Gasteiger partial charge on any atom is 0.413 e. The molecule has 0 radical (unpaired) electrons. The molecule has 1 amide bonds. The average molecular weight is 448 g/mol. The lowest BCUT2D eigenvalue weighted by Crippen LogP contribution is -2.24. The minimum atomic E-state index is -1.55. The zero-order chi connectivity index (χ0) is 23.4. The Morgan fingerprint density at radius 3 is 2.03 bits per heavy atom. The van der Waals surface area contributed by atoms with Crippen molar-refractivity contribution in [3.05, 3.63) is 143 Å². The van der Waals surface area contributed by atoms with Crippen molar-refractivity contribution < 1.29 is 13.9 Å². The topological polar surface area (TPSA) is 29.3 Å². The van der Waals surface area contributed by atoms with Crippen LogP contribution in [-0.2, 0) is 16.9 Å². The lowest BCUT2D eigenvalue weighted by molar-refractivity contribution is 0.113. The highest BCUT2D eigenvalue weighted by molar-refractivity contribution is 5.76. The lowest BCUT2D eigenvalue weighted by atomic mass is 9.89. The summed E-state index contributed by atoms with van der Waals surface area (Å²) in [5, 5.41) is 0. The van der Waals surface area contributed by atoms with Crippen molar-refractivity contribution in [2.75, 3.05) is 0 Å². The largest absolute Gasteiger partial charge is 0.444 e. The number of hydrogen-bond acceptors (Lipinski definition) is 2. The van der Waals surface area contributed by atoms with Gasteiger partial charge in [0, 0.05) is 11.1 Å². The van der Waals surface area contributed by atoms with Gasteiger partial charge < -0.3 is 4.74 Å². The number of rotatable bonds is 4. The molecule has 0 aromatic heterocycles. The molecule has 0 bridgehead atoms. The number of alkyl halides is 1. The van der Waals surface area contributed by atoms with Crippen LogP contribution in [0, 0.1) is 11.8 Å². The minimum Gasteiger partial charge on any atom is -0.444 e. The van der Waals surface area contributed by atoms with Gasteiger partial charge in [-0.2, -0.15) is 0 Å². The van der Waals surface area contributed by atoms with E-state index in [4.69, 9.17) is 4.74 Å². The first-order valence-electron chi connectivity index (χ1n) is 11.1. The maximum absolute atomic E-state index is 15.6. The Bertz CT molecular complexity index is 1350. The third-order valence-corrected chi connectivity index (χ3v) is 5.93. The van der Waals surface area contributed by atoms with Crippen molar-refractivity contribution in [2.45, 2.75) is 18.4 Å². The molecule has 2 unspecified atom stereocenters. The monoisotopic (exact) mass is 447 g/mol. The zero-order valence-corrected chi connectivity index (χ0v) is 18.4. The molecule has 2 atom stereocenters. The molecule has 4 aromatic carbocycles. The van der Waals surface area contributed by atoms with Crippen LogP contribution < -0.4 is 0 Å². The molecule has 0 aliphatic carbocycles. The van der Waals surface area contributed by atoms with Crippen molar-refractivity contribution >= 4 is 6.09 Å². The fourth-order valence-corrected chi connectivity index (χ4v) is 4.20. The van der Waals surface area contributed by atoms with Crippen LogP contribution in [0.3, 0.4) is 0 Å². The highest BCUT2D eigenvalue weighted by atomic mass is 19.1. The normalized spacial score (nSPS) is 18.5. The van der Waals surface area contributed by atoms with Gasteiger partial charge in [-0.05, 0) is 41.0 Å². The highest BCUT2D eigenvalue weighted by Crippen LogP contribution is 2.56. The molecule has 1 heterocycles. The van der Waals surface area contributed by atoms with E-state index in [0.29, 0.717) is 11.1 Å². The zero-order valence-electron chi connectivity index (χ0n) is 18.4. The van der Waals surface area contributed by atoms with E-state index in [1.165, 1.54) is 0 Å². The second-order valence-electron chi connectivity index (χ2n) is 8.08. The van der Waals surface area contributed by atoms with Gasteiger partial charge >= 0.3 is 6.09 Å². The molecule has 5 rings (SSSR count). The van der Waals surface area contributed by atoms with E-state index in [0.717, 1.165) is 21.6 Å². The molecule has 0 N–H and O–H groups in total. The van der Waals surface area contributed by atoms with Crippen LogP contribution in [0.15, 0.2) is 115 Å². The first kappa shape index (κ1) is 21.5. The summed E-state index contributed by atoms with van der Waals surface area (Å²) in [6, 6.07) is 35.6. The number of benzene rings is 4. The fraction of sp³-hybridized carbons (Fsp3) is 0.100. The first-order valence-corrected chi connectivity index (χ1v) is 11.1. The Kier molecular flexibility index (Phi) is 5.84.